The molecule has 0 saturated heterocycles. The Bertz CT molecular complexity index is 2850. The molecule has 0 unspecified atom stereocenters. The first kappa shape index (κ1) is 31.1. The Balaban J connectivity index is 1.13. The van der Waals surface area contributed by atoms with Gasteiger partial charge in [0.25, 0.3) is 0 Å². The molecule has 2 nitrogen and oxygen atoms in total. The molecule has 0 N–H and O–H groups in total. The zero-order valence-electron chi connectivity index (χ0n) is 29.7. The molecule has 0 bridgehead atoms. The van der Waals surface area contributed by atoms with E-state index in [1.165, 1.54) is 60.5 Å². The molecule has 0 aliphatic heterocycles. The van der Waals surface area contributed by atoms with Crippen LogP contribution in [-0.2, 0) is 5.41 Å². The molecule has 1 heterocycles. The second kappa shape index (κ2) is 12.3. The van der Waals surface area contributed by atoms with Crippen molar-refractivity contribution in [3.05, 3.63) is 193 Å². The Kier molecular flexibility index (Phi) is 7.19. The predicted octanol–water partition coefficient (Wildman–Crippen LogP) is 13.4. The number of rotatable bonds is 5. The second-order valence-electron chi connectivity index (χ2n) is 14.6. The number of hydrogen-bond acceptors (Lipinski definition) is 2. The Morgan fingerprint density at radius 2 is 0.925 bits per heavy atom. The summed E-state index contributed by atoms with van der Waals surface area (Å²) in [7, 11) is 0. The molecule has 0 amide bonds. The van der Waals surface area contributed by atoms with Gasteiger partial charge in [0.2, 0.25) is 0 Å². The molecule has 250 valence electrons. The summed E-state index contributed by atoms with van der Waals surface area (Å²) in [6.07, 6.45) is 0. The summed E-state index contributed by atoms with van der Waals surface area (Å²) in [6.45, 7) is 4.71. The van der Waals surface area contributed by atoms with Gasteiger partial charge in [-0.05, 0) is 96.4 Å². The molecule has 9 aromatic rings. The largest absolute Gasteiger partial charge is 0.228 e. The summed E-state index contributed by atoms with van der Waals surface area (Å²) in [6, 6.07) is 65.4. The summed E-state index contributed by atoms with van der Waals surface area (Å²) in [5.74, 6) is 0.712. The van der Waals surface area contributed by atoms with E-state index >= 15 is 0 Å². The molecule has 1 aliphatic rings. The van der Waals surface area contributed by atoms with E-state index in [9.17, 15) is 0 Å². The van der Waals surface area contributed by atoms with E-state index in [-0.39, 0.29) is 5.41 Å². The van der Waals surface area contributed by atoms with Crippen LogP contribution in [0.5, 0.6) is 0 Å². The molecular weight excluding hydrogens is 641 g/mol. The molecule has 1 aliphatic carbocycles. The van der Waals surface area contributed by atoms with E-state index in [1.54, 1.807) is 0 Å². The van der Waals surface area contributed by atoms with Crippen LogP contribution in [0.3, 0.4) is 0 Å². The molecule has 2 heteroatoms. The molecule has 0 radical (unpaired) electrons. The van der Waals surface area contributed by atoms with Crippen LogP contribution in [0.1, 0.15) is 25.0 Å². The quantitative estimate of drug-likeness (QED) is 0.181. The maximum Gasteiger partial charge on any atom is 0.160 e. The fourth-order valence-corrected chi connectivity index (χ4v) is 8.32. The molecule has 8 aromatic carbocycles. The minimum atomic E-state index is -0.0685. The van der Waals surface area contributed by atoms with Gasteiger partial charge < -0.3 is 0 Å². The Morgan fingerprint density at radius 3 is 1.70 bits per heavy atom. The van der Waals surface area contributed by atoms with Crippen molar-refractivity contribution in [3.8, 4) is 67.3 Å². The van der Waals surface area contributed by atoms with Crippen LogP contribution in [0.15, 0.2) is 182 Å². The maximum absolute atomic E-state index is 5.23. The molecular formula is C51H36N2. The number of fused-ring (bicyclic) bond motifs is 5. The molecule has 10 rings (SSSR count). The van der Waals surface area contributed by atoms with Crippen molar-refractivity contribution in [2.75, 3.05) is 0 Å². The first-order valence-electron chi connectivity index (χ1n) is 18.3. The monoisotopic (exact) mass is 676 g/mol. The third-order valence-corrected chi connectivity index (χ3v) is 11.1. The van der Waals surface area contributed by atoms with Crippen molar-refractivity contribution < 1.29 is 0 Å². The maximum atomic E-state index is 5.23. The second-order valence-corrected chi connectivity index (χ2v) is 14.6. The summed E-state index contributed by atoms with van der Waals surface area (Å²) in [4.78, 5) is 10.4. The smallest absolute Gasteiger partial charge is 0.160 e. The summed E-state index contributed by atoms with van der Waals surface area (Å²) >= 11 is 0. The molecule has 0 spiro atoms. The number of hydrogen-bond donors (Lipinski definition) is 0. The highest BCUT2D eigenvalue weighted by Gasteiger charge is 2.36. The number of benzene rings is 8. The van der Waals surface area contributed by atoms with Crippen LogP contribution in [0.25, 0.3) is 88.8 Å². The van der Waals surface area contributed by atoms with Crippen LogP contribution < -0.4 is 0 Å². The van der Waals surface area contributed by atoms with E-state index in [0.29, 0.717) is 5.82 Å². The lowest BCUT2D eigenvalue weighted by Gasteiger charge is -2.22. The number of aromatic nitrogens is 2. The Hall–Kier alpha value is -6.64. The SMILES string of the molecule is CC1(C)c2ccc(-c3ccc(-c4cc(-c5cccc(-c6ccccc6)c5)nc(-c5ccccc5)n4)c4ccccc34)cc2-c2cc3ccccc3cc21. The van der Waals surface area contributed by atoms with Crippen molar-refractivity contribution in [1.82, 2.24) is 9.97 Å². The van der Waals surface area contributed by atoms with Crippen molar-refractivity contribution in [3.63, 3.8) is 0 Å². The van der Waals surface area contributed by atoms with Crippen molar-refractivity contribution in [2.45, 2.75) is 19.3 Å². The number of nitrogens with zero attached hydrogens (tertiary/aromatic N) is 2. The highest BCUT2D eigenvalue weighted by atomic mass is 14.9. The molecule has 0 saturated carbocycles. The van der Waals surface area contributed by atoms with Gasteiger partial charge in [0.1, 0.15) is 0 Å². The van der Waals surface area contributed by atoms with Gasteiger partial charge in [-0.3, -0.25) is 0 Å². The van der Waals surface area contributed by atoms with Crippen molar-refractivity contribution in [2.24, 2.45) is 0 Å². The fraction of sp³-hybridized carbons (Fsp3) is 0.0588. The first-order valence-corrected chi connectivity index (χ1v) is 18.3. The van der Waals surface area contributed by atoms with Gasteiger partial charge >= 0.3 is 0 Å². The third-order valence-electron chi connectivity index (χ3n) is 11.1. The van der Waals surface area contributed by atoms with E-state index < -0.39 is 0 Å². The normalized spacial score (nSPS) is 12.9. The van der Waals surface area contributed by atoms with Crippen molar-refractivity contribution >= 4 is 21.5 Å². The van der Waals surface area contributed by atoms with Gasteiger partial charge in [-0.25, -0.2) is 9.97 Å². The van der Waals surface area contributed by atoms with Gasteiger partial charge in [0.05, 0.1) is 11.4 Å². The predicted molar refractivity (Wildman–Crippen MR) is 222 cm³/mol. The van der Waals surface area contributed by atoms with Crippen LogP contribution in [0, 0.1) is 0 Å². The molecule has 53 heavy (non-hydrogen) atoms. The Morgan fingerprint density at radius 1 is 0.340 bits per heavy atom. The summed E-state index contributed by atoms with van der Waals surface area (Å²) < 4.78 is 0. The fourth-order valence-electron chi connectivity index (χ4n) is 8.32. The zero-order chi connectivity index (χ0) is 35.5. The minimum absolute atomic E-state index is 0.0685. The first-order chi connectivity index (χ1) is 26.0. The zero-order valence-corrected chi connectivity index (χ0v) is 29.7. The molecule has 1 aromatic heterocycles. The van der Waals surface area contributed by atoms with Gasteiger partial charge in [-0.1, -0.05) is 166 Å². The van der Waals surface area contributed by atoms with Crippen LogP contribution >= 0.6 is 0 Å². The van der Waals surface area contributed by atoms with Crippen molar-refractivity contribution in [1.29, 1.82) is 0 Å². The lowest BCUT2D eigenvalue weighted by atomic mass is 9.81. The van der Waals surface area contributed by atoms with E-state index in [2.05, 4.69) is 178 Å². The average Bonchev–Trinajstić information content (AvgIpc) is 3.44. The van der Waals surface area contributed by atoms with Crippen LogP contribution in [0.2, 0.25) is 0 Å². The lowest BCUT2D eigenvalue weighted by Crippen LogP contribution is -2.14. The van der Waals surface area contributed by atoms with E-state index in [4.69, 9.17) is 9.97 Å². The van der Waals surface area contributed by atoms with E-state index in [0.717, 1.165) is 33.6 Å². The van der Waals surface area contributed by atoms with E-state index in [1.807, 2.05) is 18.2 Å². The van der Waals surface area contributed by atoms with Crippen LogP contribution in [0.4, 0.5) is 0 Å². The van der Waals surface area contributed by atoms with Crippen LogP contribution in [-0.4, -0.2) is 9.97 Å². The van der Waals surface area contributed by atoms with Gasteiger partial charge in [0, 0.05) is 22.1 Å². The van der Waals surface area contributed by atoms with Gasteiger partial charge in [-0.2, -0.15) is 0 Å². The lowest BCUT2D eigenvalue weighted by molar-refractivity contribution is 0.661. The topological polar surface area (TPSA) is 25.8 Å². The highest BCUT2D eigenvalue weighted by molar-refractivity contribution is 6.05. The van der Waals surface area contributed by atoms with Gasteiger partial charge in [0.15, 0.2) is 5.82 Å². The third kappa shape index (κ3) is 5.26. The average molecular weight is 677 g/mol. The Labute approximate surface area is 310 Å². The highest BCUT2D eigenvalue weighted by Crippen LogP contribution is 2.51. The summed E-state index contributed by atoms with van der Waals surface area (Å²) in [5.41, 5.74) is 15.1. The van der Waals surface area contributed by atoms with Gasteiger partial charge in [-0.15, -0.1) is 0 Å². The molecule has 0 atom stereocenters. The standard InChI is InChI=1S/C51H36N2/c1-51(2)46-27-24-38(30-44(46)45-29-36-18-9-10-19-37(36)31-47(45)51)40-25-26-43(42-23-12-11-22-41(40)42)49-32-48(52-50(53-49)34-16-7-4-8-17-34)39-21-13-20-35(28-39)33-14-5-3-6-15-33/h3-32H,1-2H3. The molecule has 0 fully saturated rings. The summed E-state index contributed by atoms with van der Waals surface area (Å²) in [5, 5.41) is 4.94. The minimum Gasteiger partial charge on any atom is -0.228 e.